The molecule has 0 aliphatic carbocycles. The number of carbonyl (C=O) groups is 1. The molecule has 1 atom stereocenters. The third kappa shape index (κ3) is 3.54. The molecule has 126 valence electrons. The lowest BCUT2D eigenvalue weighted by Crippen LogP contribution is -2.46. The van der Waals surface area contributed by atoms with E-state index in [4.69, 9.17) is 0 Å². The summed E-state index contributed by atoms with van der Waals surface area (Å²) in [6, 6.07) is 1.77. The van der Waals surface area contributed by atoms with Gasteiger partial charge in [0.1, 0.15) is 5.82 Å². The van der Waals surface area contributed by atoms with Crippen LogP contribution < -0.4 is 9.80 Å². The molecule has 0 bridgehead atoms. The third-order valence-electron chi connectivity index (χ3n) is 4.49. The SMILES string of the molecule is CN(c1ccnc(N2CCN(C=O)CC2)n1)C1CCS(=O)(=O)C1. The number of nitrogens with zero attached hydrogens (tertiary/aromatic N) is 5. The molecule has 23 heavy (non-hydrogen) atoms. The summed E-state index contributed by atoms with van der Waals surface area (Å²) in [5.74, 6) is 1.78. The van der Waals surface area contributed by atoms with Gasteiger partial charge in [-0.15, -0.1) is 0 Å². The van der Waals surface area contributed by atoms with Crippen molar-refractivity contribution in [2.45, 2.75) is 12.5 Å². The fourth-order valence-corrected chi connectivity index (χ4v) is 4.76. The zero-order chi connectivity index (χ0) is 16.4. The quantitative estimate of drug-likeness (QED) is 0.676. The zero-order valence-electron chi connectivity index (χ0n) is 13.1. The molecule has 0 saturated carbocycles. The maximum atomic E-state index is 11.6. The lowest BCUT2D eigenvalue weighted by atomic mass is 10.2. The topological polar surface area (TPSA) is 86.7 Å². The van der Waals surface area contributed by atoms with Gasteiger partial charge in [0, 0.05) is 45.5 Å². The molecule has 3 rings (SSSR count). The first kappa shape index (κ1) is 16.0. The van der Waals surface area contributed by atoms with Gasteiger partial charge in [0.05, 0.1) is 11.5 Å². The van der Waals surface area contributed by atoms with Gasteiger partial charge in [0.15, 0.2) is 9.84 Å². The Hall–Kier alpha value is -1.90. The molecule has 1 aromatic rings. The van der Waals surface area contributed by atoms with Crippen LogP contribution in [0.4, 0.5) is 11.8 Å². The van der Waals surface area contributed by atoms with Crippen LogP contribution in [0, 0.1) is 0 Å². The molecule has 9 heteroatoms. The highest BCUT2D eigenvalue weighted by Gasteiger charge is 2.31. The van der Waals surface area contributed by atoms with E-state index < -0.39 is 9.84 Å². The molecule has 2 fully saturated rings. The van der Waals surface area contributed by atoms with Gasteiger partial charge < -0.3 is 14.7 Å². The average Bonchev–Trinajstić information content (AvgIpc) is 2.94. The number of anilines is 2. The fourth-order valence-electron chi connectivity index (χ4n) is 2.98. The van der Waals surface area contributed by atoms with Crippen LogP contribution in [0.1, 0.15) is 6.42 Å². The Balaban J connectivity index is 1.71. The number of piperazine rings is 1. The Kier molecular flexibility index (Phi) is 4.38. The number of hydrogen-bond donors (Lipinski definition) is 0. The minimum absolute atomic E-state index is 0.0327. The zero-order valence-corrected chi connectivity index (χ0v) is 13.9. The lowest BCUT2D eigenvalue weighted by Gasteiger charge is -2.33. The van der Waals surface area contributed by atoms with Crippen molar-refractivity contribution in [3.05, 3.63) is 12.3 Å². The van der Waals surface area contributed by atoms with Gasteiger partial charge in [-0.05, 0) is 12.5 Å². The van der Waals surface area contributed by atoms with Crippen molar-refractivity contribution in [2.75, 3.05) is 54.5 Å². The molecule has 2 saturated heterocycles. The van der Waals surface area contributed by atoms with E-state index >= 15 is 0 Å². The van der Waals surface area contributed by atoms with E-state index in [2.05, 4.69) is 9.97 Å². The monoisotopic (exact) mass is 339 g/mol. The van der Waals surface area contributed by atoms with Crippen molar-refractivity contribution in [3.63, 3.8) is 0 Å². The third-order valence-corrected chi connectivity index (χ3v) is 6.24. The molecule has 1 amide bonds. The molecular weight excluding hydrogens is 318 g/mol. The van der Waals surface area contributed by atoms with Crippen molar-refractivity contribution in [3.8, 4) is 0 Å². The predicted octanol–water partition coefficient (Wildman–Crippen LogP) is -0.622. The summed E-state index contributed by atoms with van der Waals surface area (Å²) in [6.07, 6.45) is 3.20. The minimum Gasteiger partial charge on any atom is -0.355 e. The highest BCUT2D eigenvalue weighted by Crippen LogP contribution is 2.22. The second-order valence-electron chi connectivity index (χ2n) is 6.01. The van der Waals surface area contributed by atoms with Gasteiger partial charge in [-0.3, -0.25) is 4.79 Å². The van der Waals surface area contributed by atoms with Gasteiger partial charge in [-0.25, -0.2) is 13.4 Å². The van der Waals surface area contributed by atoms with Crippen LogP contribution in [0.25, 0.3) is 0 Å². The summed E-state index contributed by atoms with van der Waals surface area (Å²) in [5, 5.41) is 0. The smallest absolute Gasteiger partial charge is 0.227 e. The number of rotatable bonds is 4. The summed E-state index contributed by atoms with van der Waals surface area (Å²) in [5.41, 5.74) is 0. The highest BCUT2D eigenvalue weighted by atomic mass is 32.2. The van der Waals surface area contributed by atoms with Gasteiger partial charge in [0.2, 0.25) is 12.4 Å². The summed E-state index contributed by atoms with van der Waals surface area (Å²) < 4.78 is 23.3. The molecule has 0 aromatic carbocycles. The molecule has 8 nitrogen and oxygen atoms in total. The standard InChI is InChI=1S/C14H21N5O3S/c1-17(12-3-9-23(21,22)10-12)13-2-4-15-14(16-13)19-7-5-18(11-20)6-8-19/h2,4,11-12H,3,5-10H2,1H3. The fraction of sp³-hybridized carbons (Fsp3) is 0.643. The maximum absolute atomic E-state index is 11.6. The van der Waals surface area contributed by atoms with Gasteiger partial charge in [-0.1, -0.05) is 0 Å². The number of amides is 1. The van der Waals surface area contributed by atoms with Gasteiger partial charge in [0.25, 0.3) is 0 Å². The number of aromatic nitrogens is 2. The molecular formula is C14H21N5O3S. The first-order valence-electron chi connectivity index (χ1n) is 7.69. The maximum Gasteiger partial charge on any atom is 0.227 e. The summed E-state index contributed by atoms with van der Waals surface area (Å²) >= 11 is 0. The van der Waals surface area contributed by atoms with E-state index in [1.807, 2.05) is 16.8 Å². The Morgan fingerprint density at radius 2 is 2.04 bits per heavy atom. The van der Waals surface area contributed by atoms with Gasteiger partial charge in [-0.2, -0.15) is 4.98 Å². The Labute approximate surface area is 136 Å². The Morgan fingerprint density at radius 3 is 2.65 bits per heavy atom. The van der Waals surface area contributed by atoms with E-state index in [1.165, 1.54) is 0 Å². The van der Waals surface area contributed by atoms with E-state index in [-0.39, 0.29) is 17.5 Å². The minimum atomic E-state index is -2.92. The largest absolute Gasteiger partial charge is 0.355 e. The molecule has 0 radical (unpaired) electrons. The van der Waals surface area contributed by atoms with Crippen LogP contribution >= 0.6 is 0 Å². The molecule has 0 spiro atoms. The van der Waals surface area contributed by atoms with Crippen molar-refractivity contribution in [1.29, 1.82) is 0 Å². The van der Waals surface area contributed by atoms with Gasteiger partial charge >= 0.3 is 0 Å². The molecule has 1 aromatic heterocycles. The van der Waals surface area contributed by atoms with E-state index in [0.717, 1.165) is 12.2 Å². The van der Waals surface area contributed by atoms with Crippen molar-refractivity contribution in [1.82, 2.24) is 14.9 Å². The summed E-state index contributed by atoms with van der Waals surface area (Å²) in [6.45, 7) is 2.72. The Bertz CT molecular complexity index is 673. The normalized spacial score (nSPS) is 23.8. The van der Waals surface area contributed by atoms with E-state index in [1.54, 1.807) is 17.2 Å². The number of hydrogen-bond acceptors (Lipinski definition) is 7. The summed E-state index contributed by atoms with van der Waals surface area (Å²) in [4.78, 5) is 25.4. The second kappa shape index (κ2) is 6.31. The van der Waals surface area contributed by atoms with Crippen LogP contribution in [0.3, 0.4) is 0 Å². The number of carbonyl (C=O) groups excluding carboxylic acids is 1. The predicted molar refractivity (Wildman–Crippen MR) is 87.3 cm³/mol. The van der Waals surface area contributed by atoms with Crippen molar-refractivity contribution in [2.24, 2.45) is 0 Å². The number of sulfone groups is 1. The molecule has 2 aliphatic rings. The molecule has 1 unspecified atom stereocenters. The van der Waals surface area contributed by atoms with Crippen LogP contribution in [-0.2, 0) is 14.6 Å². The van der Waals surface area contributed by atoms with Crippen LogP contribution in [-0.4, -0.2) is 80.5 Å². The van der Waals surface area contributed by atoms with Crippen LogP contribution in [0.5, 0.6) is 0 Å². The summed E-state index contributed by atoms with van der Waals surface area (Å²) in [7, 11) is -1.05. The first-order valence-corrected chi connectivity index (χ1v) is 9.51. The highest BCUT2D eigenvalue weighted by molar-refractivity contribution is 7.91. The molecule has 2 aliphatic heterocycles. The Morgan fingerprint density at radius 1 is 1.30 bits per heavy atom. The average molecular weight is 339 g/mol. The van der Waals surface area contributed by atoms with Crippen LogP contribution in [0.2, 0.25) is 0 Å². The van der Waals surface area contributed by atoms with Crippen molar-refractivity contribution >= 4 is 28.0 Å². The molecule has 3 heterocycles. The van der Waals surface area contributed by atoms with E-state index in [9.17, 15) is 13.2 Å². The second-order valence-corrected chi connectivity index (χ2v) is 8.24. The van der Waals surface area contributed by atoms with Crippen molar-refractivity contribution < 1.29 is 13.2 Å². The first-order chi connectivity index (χ1) is 11.0. The van der Waals surface area contributed by atoms with Crippen LogP contribution in [0.15, 0.2) is 12.3 Å². The lowest BCUT2D eigenvalue weighted by molar-refractivity contribution is -0.118. The molecule has 0 N–H and O–H groups in total. The van der Waals surface area contributed by atoms with E-state index in [0.29, 0.717) is 38.5 Å².